The lowest BCUT2D eigenvalue weighted by Crippen LogP contribution is -1.93. The molecule has 0 amide bonds. The van der Waals surface area contributed by atoms with Gasteiger partial charge in [0.1, 0.15) is 0 Å². The Bertz CT molecular complexity index is 304. The predicted molar refractivity (Wildman–Crippen MR) is 34.5 cm³/mol. The third-order valence-corrected chi connectivity index (χ3v) is 1.14. The zero-order valence-corrected chi connectivity index (χ0v) is 5.51. The van der Waals surface area contributed by atoms with Crippen molar-refractivity contribution in [2.45, 2.75) is 6.54 Å². The topological polar surface area (TPSA) is 17.2 Å². The fourth-order valence-electron chi connectivity index (χ4n) is 0.644. The van der Waals surface area contributed by atoms with Crippen LogP contribution in [0.2, 0.25) is 0 Å². The fraction of sp³-hybridized carbons (Fsp3) is 0.143. The number of nitrogens with zero attached hydrogens (tertiary/aromatic N) is 2. The van der Waals surface area contributed by atoms with Crippen molar-refractivity contribution < 1.29 is 8.78 Å². The van der Waals surface area contributed by atoms with Gasteiger partial charge in [-0.3, -0.25) is 0 Å². The molecule has 0 aromatic carbocycles. The van der Waals surface area contributed by atoms with Gasteiger partial charge in [0.05, 0.1) is 5.56 Å². The summed E-state index contributed by atoms with van der Waals surface area (Å²) >= 11 is 0. The molecule has 0 aliphatic carbocycles. The summed E-state index contributed by atoms with van der Waals surface area (Å²) in [7, 11) is 0. The standard InChI is InChI=1S/C7H4F2N2/c1-10-4-5-2-3-6(8)11-7(5)9/h2-3H,4H2. The van der Waals surface area contributed by atoms with Crippen LogP contribution in [-0.2, 0) is 6.54 Å². The monoisotopic (exact) mass is 154 g/mol. The van der Waals surface area contributed by atoms with Gasteiger partial charge in [-0.15, -0.1) is 0 Å². The van der Waals surface area contributed by atoms with Crippen molar-refractivity contribution in [3.8, 4) is 0 Å². The number of aromatic nitrogens is 1. The van der Waals surface area contributed by atoms with E-state index in [0.29, 0.717) is 0 Å². The molecule has 4 heteroatoms. The molecule has 0 fully saturated rings. The number of halogens is 2. The summed E-state index contributed by atoms with van der Waals surface area (Å²) in [5, 5.41) is 0. The lowest BCUT2D eigenvalue weighted by Gasteiger charge is -1.92. The van der Waals surface area contributed by atoms with E-state index < -0.39 is 11.9 Å². The van der Waals surface area contributed by atoms with Gasteiger partial charge in [0.15, 0.2) is 0 Å². The Morgan fingerprint density at radius 3 is 2.73 bits per heavy atom. The molecule has 2 nitrogen and oxygen atoms in total. The van der Waals surface area contributed by atoms with Gasteiger partial charge in [-0.2, -0.15) is 13.8 Å². The molecule has 0 unspecified atom stereocenters. The molecule has 56 valence electrons. The highest BCUT2D eigenvalue weighted by Crippen LogP contribution is 2.06. The zero-order valence-electron chi connectivity index (χ0n) is 5.51. The molecule has 0 radical (unpaired) electrons. The van der Waals surface area contributed by atoms with Crippen molar-refractivity contribution in [1.82, 2.24) is 4.98 Å². The maximum absolute atomic E-state index is 12.5. The summed E-state index contributed by atoms with van der Waals surface area (Å²) in [4.78, 5) is 5.86. The van der Waals surface area contributed by atoms with Crippen molar-refractivity contribution >= 4 is 0 Å². The van der Waals surface area contributed by atoms with E-state index in [9.17, 15) is 8.78 Å². The average Bonchev–Trinajstić information content (AvgIpc) is 1.95. The Labute approximate surface area is 62.3 Å². The van der Waals surface area contributed by atoms with E-state index in [-0.39, 0.29) is 12.1 Å². The molecule has 0 atom stereocenters. The van der Waals surface area contributed by atoms with Crippen LogP contribution in [0.25, 0.3) is 4.85 Å². The molecule has 1 rings (SSSR count). The van der Waals surface area contributed by atoms with Crippen LogP contribution in [0.15, 0.2) is 12.1 Å². The Morgan fingerprint density at radius 2 is 2.18 bits per heavy atom. The van der Waals surface area contributed by atoms with Crippen LogP contribution >= 0.6 is 0 Å². The van der Waals surface area contributed by atoms with Crippen LogP contribution in [0.4, 0.5) is 8.78 Å². The first kappa shape index (κ1) is 7.61. The molecule has 0 N–H and O–H groups in total. The largest absolute Gasteiger partial charge is 0.312 e. The van der Waals surface area contributed by atoms with Crippen molar-refractivity contribution in [2.75, 3.05) is 0 Å². The van der Waals surface area contributed by atoms with Gasteiger partial charge < -0.3 is 4.85 Å². The minimum absolute atomic E-state index is 0.0981. The summed E-state index contributed by atoms with van der Waals surface area (Å²) in [6.07, 6.45) is 0. The van der Waals surface area contributed by atoms with E-state index in [0.717, 1.165) is 6.07 Å². The second-order valence-electron chi connectivity index (χ2n) is 1.90. The molecule has 1 heterocycles. The van der Waals surface area contributed by atoms with Crippen molar-refractivity contribution in [1.29, 1.82) is 0 Å². The molecule has 0 spiro atoms. The Hall–Kier alpha value is -1.50. The molecule has 0 bridgehead atoms. The van der Waals surface area contributed by atoms with E-state index >= 15 is 0 Å². The fourth-order valence-corrected chi connectivity index (χ4v) is 0.644. The first-order chi connectivity index (χ1) is 5.24. The SMILES string of the molecule is [C-]#[N+]Cc1ccc(F)nc1F. The van der Waals surface area contributed by atoms with E-state index in [2.05, 4.69) is 9.83 Å². The van der Waals surface area contributed by atoms with E-state index in [1.807, 2.05) is 0 Å². The van der Waals surface area contributed by atoms with Crippen LogP contribution in [-0.4, -0.2) is 4.98 Å². The lowest BCUT2D eigenvalue weighted by atomic mass is 10.3. The average molecular weight is 154 g/mol. The second-order valence-corrected chi connectivity index (χ2v) is 1.90. The van der Waals surface area contributed by atoms with Gasteiger partial charge in [-0.25, -0.2) is 6.57 Å². The normalized spacial score (nSPS) is 9.18. The molecular formula is C7H4F2N2. The number of rotatable bonds is 1. The molecular weight excluding hydrogens is 150 g/mol. The van der Waals surface area contributed by atoms with Gasteiger partial charge in [-0.1, -0.05) is 0 Å². The third kappa shape index (κ3) is 1.71. The molecule has 1 aromatic rings. The van der Waals surface area contributed by atoms with Gasteiger partial charge in [0.2, 0.25) is 18.4 Å². The minimum Gasteiger partial charge on any atom is -0.312 e. The van der Waals surface area contributed by atoms with Gasteiger partial charge >= 0.3 is 0 Å². The summed E-state index contributed by atoms with van der Waals surface area (Å²) < 4.78 is 24.7. The molecule has 0 saturated heterocycles. The van der Waals surface area contributed by atoms with Crippen LogP contribution in [0.1, 0.15) is 5.56 Å². The first-order valence-electron chi connectivity index (χ1n) is 2.88. The van der Waals surface area contributed by atoms with Crippen molar-refractivity contribution in [3.05, 3.63) is 41.0 Å². The van der Waals surface area contributed by atoms with Gasteiger partial charge in [0, 0.05) is 0 Å². The third-order valence-electron chi connectivity index (χ3n) is 1.14. The predicted octanol–water partition coefficient (Wildman–Crippen LogP) is 1.78. The maximum Gasteiger partial charge on any atom is 0.244 e. The number of pyridine rings is 1. The van der Waals surface area contributed by atoms with Crippen LogP contribution in [0.5, 0.6) is 0 Å². The van der Waals surface area contributed by atoms with Crippen LogP contribution in [0, 0.1) is 18.5 Å². The Morgan fingerprint density at radius 1 is 1.45 bits per heavy atom. The van der Waals surface area contributed by atoms with E-state index in [4.69, 9.17) is 6.57 Å². The summed E-state index contributed by atoms with van der Waals surface area (Å²) in [5.74, 6) is -1.77. The highest BCUT2D eigenvalue weighted by molar-refractivity contribution is 5.12. The summed E-state index contributed by atoms with van der Waals surface area (Å²) in [6.45, 7) is 6.33. The highest BCUT2D eigenvalue weighted by Gasteiger charge is 2.05. The van der Waals surface area contributed by atoms with Gasteiger partial charge in [-0.05, 0) is 12.1 Å². The summed E-state index contributed by atoms with van der Waals surface area (Å²) in [5.41, 5.74) is 0.126. The molecule has 0 aliphatic rings. The van der Waals surface area contributed by atoms with Crippen LogP contribution < -0.4 is 0 Å². The van der Waals surface area contributed by atoms with E-state index in [1.165, 1.54) is 6.07 Å². The highest BCUT2D eigenvalue weighted by atomic mass is 19.1. The first-order valence-corrected chi connectivity index (χ1v) is 2.88. The molecule has 11 heavy (non-hydrogen) atoms. The smallest absolute Gasteiger partial charge is 0.244 e. The molecule has 0 saturated carbocycles. The van der Waals surface area contributed by atoms with Crippen molar-refractivity contribution in [2.24, 2.45) is 0 Å². The number of hydrogen-bond donors (Lipinski definition) is 0. The Kier molecular flexibility index (Phi) is 2.12. The molecule has 0 aliphatic heterocycles. The number of hydrogen-bond acceptors (Lipinski definition) is 1. The second kappa shape index (κ2) is 3.06. The van der Waals surface area contributed by atoms with Crippen molar-refractivity contribution in [3.63, 3.8) is 0 Å². The minimum atomic E-state index is -0.902. The summed E-state index contributed by atoms with van der Waals surface area (Å²) in [6, 6.07) is 2.25. The molecule has 1 aromatic heterocycles. The Balaban J connectivity index is 3.01. The van der Waals surface area contributed by atoms with E-state index in [1.54, 1.807) is 0 Å². The van der Waals surface area contributed by atoms with Gasteiger partial charge in [0.25, 0.3) is 0 Å². The van der Waals surface area contributed by atoms with Crippen LogP contribution in [0.3, 0.4) is 0 Å². The maximum atomic E-state index is 12.5. The lowest BCUT2D eigenvalue weighted by molar-refractivity contribution is 0.505. The zero-order chi connectivity index (χ0) is 8.27. The quantitative estimate of drug-likeness (QED) is 0.445.